The molecule has 148 heavy (non-hydrogen) atoms. The minimum Gasteiger partial charge on any atom is -0.309 e. The van der Waals surface area contributed by atoms with Crippen LogP contribution in [0.4, 0.5) is 0 Å². The Hall–Kier alpha value is -19.7. The topological polar surface area (TPSA) is 29.6 Å². The first kappa shape index (κ1) is 86.2. The van der Waals surface area contributed by atoms with Crippen LogP contribution in [0.15, 0.2) is 570 Å². The summed E-state index contributed by atoms with van der Waals surface area (Å²) < 4.78 is 14.4. The largest absolute Gasteiger partial charge is 0.309 e. The lowest BCUT2D eigenvalue weighted by molar-refractivity contribution is 1.18. The molecule has 30 aromatic rings. The molecule has 0 spiro atoms. The van der Waals surface area contributed by atoms with Crippen molar-refractivity contribution in [3.63, 3.8) is 0 Å². The molecule has 24 aromatic carbocycles. The third-order valence-electron chi connectivity index (χ3n) is 30.2. The number of hydrogen-bond acceptors (Lipinski definition) is 0. The highest BCUT2D eigenvalue weighted by Gasteiger charge is 2.24. The third-order valence-corrected chi connectivity index (χ3v) is 30.2. The Morgan fingerprint density at radius 3 is 0.547 bits per heavy atom. The van der Waals surface area contributed by atoms with Crippen LogP contribution in [0.2, 0.25) is 0 Å². The minimum absolute atomic E-state index is 1.15. The van der Waals surface area contributed by atoms with E-state index in [4.69, 9.17) is 0 Å². The zero-order valence-electron chi connectivity index (χ0n) is 81.0. The van der Waals surface area contributed by atoms with Gasteiger partial charge in [0.05, 0.1) is 66.2 Å². The van der Waals surface area contributed by atoms with Crippen LogP contribution in [0.1, 0.15) is 0 Å². The highest BCUT2D eigenvalue weighted by atomic mass is 15.0. The van der Waals surface area contributed by atoms with Crippen LogP contribution in [-0.2, 0) is 0 Å². The normalized spacial score (nSPS) is 11.6. The van der Waals surface area contributed by atoms with E-state index in [0.29, 0.717) is 0 Å². The van der Waals surface area contributed by atoms with Gasteiger partial charge in [0.25, 0.3) is 0 Å². The van der Waals surface area contributed by atoms with E-state index in [1.807, 2.05) is 0 Å². The van der Waals surface area contributed by atoms with Gasteiger partial charge in [-0.2, -0.15) is 0 Å². The maximum Gasteiger partial charge on any atom is 0.0547 e. The van der Waals surface area contributed by atoms with Crippen molar-refractivity contribution in [2.75, 3.05) is 0 Å². The van der Waals surface area contributed by atoms with E-state index >= 15 is 0 Å². The van der Waals surface area contributed by atoms with E-state index in [1.54, 1.807) is 0 Å². The molecule has 0 aliphatic carbocycles. The number of nitrogens with zero attached hydrogens (tertiary/aromatic N) is 6. The van der Waals surface area contributed by atoms with Crippen molar-refractivity contribution < 1.29 is 0 Å². The lowest BCUT2D eigenvalue weighted by Crippen LogP contribution is -1.94. The number of aromatic nitrogens is 6. The first-order chi connectivity index (χ1) is 73.4. The van der Waals surface area contributed by atoms with Crippen molar-refractivity contribution in [1.82, 2.24) is 27.4 Å². The molecule has 0 unspecified atom stereocenters. The smallest absolute Gasteiger partial charge is 0.0547 e. The van der Waals surface area contributed by atoms with Crippen molar-refractivity contribution in [3.8, 4) is 123 Å². The van der Waals surface area contributed by atoms with E-state index in [2.05, 4.69) is 598 Å². The average Bonchev–Trinajstić information content (AvgIpc) is 1.59. The van der Waals surface area contributed by atoms with Gasteiger partial charge >= 0.3 is 0 Å². The van der Waals surface area contributed by atoms with Gasteiger partial charge in [-0.05, 0) is 270 Å². The van der Waals surface area contributed by atoms with Crippen LogP contribution in [0, 0.1) is 0 Å². The van der Waals surface area contributed by atoms with E-state index in [1.165, 1.54) is 248 Å². The van der Waals surface area contributed by atoms with Crippen LogP contribution in [-0.4, -0.2) is 27.4 Å². The Bertz CT molecular complexity index is 10300. The molecule has 0 radical (unpaired) electrons. The van der Waals surface area contributed by atoms with E-state index < -0.39 is 0 Å². The molecule has 6 nitrogen and oxygen atoms in total. The van der Waals surface area contributed by atoms with Crippen molar-refractivity contribution in [2.24, 2.45) is 0 Å². The van der Waals surface area contributed by atoms with Gasteiger partial charge in [0.15, 0.2) is 0 Å². The average molecular weight is 1880 g/mol. The van der Waals surface area contributed by atoms with Crippen LogP contribution in [0.5, 0.6) is 0 Å². The Balaban J connectivity index is 0.000000108. The standard InChI is InChI=1S/C54H36N2.C48H32N2.C40H26N2/c1-3-11-37(12-4-1)39-19-21-40(22-20-39)42-25-31-46(32-26-42)56-52-18-10-8-16-48(52)50-36-44(28-34-54(50)56)43-27-33-53-49(35-43)47-15-7-9-17-51(47)55(53)45-29-23-41(24-30-45)38-13-5-2-6-14-38;1-3-11-33(12-4-1)34-19-21-35(22-20-34)36-23-27-40(28-24-36)50-45-17-9-7-15-41(45)43-29-25-38(32-48(43)50)37-26-30-47-44(31-37)42-16-8-10-18-46(42)49(47)39-13-5-2-6-14-39;1-2-12-31(13-3-1)41-38-17-9-7-15-34(38)36-25-29(20-23-39(36)41)30-19-22-35-33-14-6-8-16-37(33)42(40(35)26-30)32-21-18-27-10-4-5-11-28(27)24-32/h1-36H;1-32H;1-26H. The number of para-hydroxylation sites is 8. The number of benzene rings is 24. The predicted octanol–water partition coefficient (Wildman–Crippen LogP) is 38.1. The molecule has 0 aliphatic heterocycles. The quantitative estimate of drug-likeness (QED) is 0.104. The minimum atomic E-state index is 1.15. The fourth-order valence-corrected chi connectivity index (χ4v) is 23.1. The van der Waals surface area contributed by atoms with Crippen molar-refractivity contribution >= 4 is 142 Å². The summed E-state index contributed by atoms with van der Waals surface area (Å²) in [6.45, 7) is 0. The zero-order valence-corrected chi connectivity index (χ0v) is 81.0. The third kappa shape index (κ3) is 15.1. The summed E-state index contributed by atoms with van der Waals surface area (Å²) in [5.74, 6) is 0. The van der Waals surface area contributed by atoms with Crippen molar-refractivity contribution in [2.45, 2.75) is 0 Å². The second kappa shape index (κ2) is 36.4. The highest BCUT2D eigenvalue weighted by molar-refractivity contribution is 6.17. The number of fused-ring (bicyclic) bond motifs is 19. The molecule has 0 saturated heterocycles. The second-order valence-corrected chi connectivity index (χ2v) is 38.6. The first-order valence-corrected chi connectivity index (χ1v) is 50.9. The van der Waals surface area contributed by atoms with Crippen LogP contribution >= 0.6 is 0 Å². The molecule has 692 valence electrons. The van der Waals surface area contributed by atoms with E-state index in [0.717, 1.165) is 17.1 Å². The second-order valence-electron chi connectivity index (χ2n) is 38.6. The molecule has 0 bridgehead atoms. The summed E-state index contributed by atoms with van der Waals surface area (Å²) >= 11 is 0. The Morgan fingerprint density at radius 1 is 0.0811 bits per heavy atom. The Kier molecular flexibility index (Phi) is 21.2. The van der Waals surface area contributed by atoms with E-state index in [-0.39, 0.29) is 0 Å². The summed E-state index contributed by atoms with van der Waals surface area (Å²) in [6, 6.07) is 207. The molecule has 0 atom stereocenters. The molecular weight excluding hydrogens is 1790 g/mol. The van der Waals surface area contributed by atoms with E-state index in [9.17, 15) is 0 Å². The van der Waals surface area contributed by atoms with Gasteiger partial charge in [0.1, 0.15) is 0 Å². The first-order valence-electron chi connectivity index (χ1n) is 50.9. The summed E-state index contributed by atoms with van der Waals surface area (Å²) in [5.41, 5.74) is 41.0. The molecule has 0 aliphatic rings. The maximum atomic E-state index is 2.42. The van der Waals surface area contributed by atoms with Gasteiger partial charge in [0.2, 0.25) is 0 Å². The molecular formula is C142H94N6. The lowest BCUT2D eigenvalue weighted by atomic mass is 10.00. The molecule has 0 amide bonds. The van der Waals surface area contributed by atoms with Gasteiger partial charge in [-0.25, -0.2) is 0 Å². The molecule has 0 saturated carbocycles. The molecule has 6 heterocycles. The lowest BCUT2D eigenvalue weighted by Gasteiger charge is -2.11. The van der Waals surface area contributed by atoms with Crippen LogP contribution in [0.25, 0.3) is 265 Å². The number of hydrogen-bond donors (Lipinski definition) is 0. The molecule has 6 aromatic heterocycles. The summed E-state index contributed by atoms with van der Waals surface area (Å²) in [4.78, 5) is 0. The van der Waals surface area contributed by atoms with Crippen molar-refractivity contribution in [3.05, 3.63) is 570 Å². The maximum absolute atomic E-state index is 2.42. The van der Waals surface area contributed by atoms with Gasteiger partial charge in [-0.15, -0.1) is 0 Å². The summed E-state index contributed by atoms with van der Waals surface area (Å²) in [6.07, 6.45) is 0. The summed E-state index contributed by atoms with van der Waals surface area (Å²) in [7, 11) is 0. The monoisotopic (exact) mass is 1880 g/mol. The molecule has 30 rings (SSSR count). The van der Waals surface area contributed by atoms with Crippen LogP contribution < -0.4 is 0 Å². The fraction of sp³-hybridized carbons (Fsp3) is 0. The van der Waals surface area contributed by atoms with Crippen LogP contribution in [0.3, 0.4) is 0 Å². The highest BCUT2D eigenvalue weighted by Crippen LogP contribution is 2.46. The Morgan fingerprint density at radius 2 is 0.257 bits per heavy atom. The molecule has 0 N–H and O–H groups in total. The van der Waals surface area contributed by atoms with Gasteiger partial charge < -0.3 is 27.4 Å². The Labute approximate surface area is 856 Å². The van der Waals surface area contributed by atoms with Gasteiger partial charge in [-0.1, -0.05) is 400 Å². The zero-order chi connectivity index (χ0) is 97.6. The number of rotatable bonds is 14. The van der Waals surface area contributed by atoms with Crippen molar-refractivity contribution in [1.29, 1.82) is 0 Å². The molecule has 0 fully saturated rings. The molecule has 6 heteroatoms. The SMILES string of the molecule is c1ccc(-c2ccc(-c3ccc(-n4c5ccccc5c5cc(-c6ccc7c(c6)c6ccccc6n7-c6ccc(-c7ccccc7)cc6)ccc54)cc3)cc2)cc1.c1ccc(-c2ccc(-c3ccc(-n4c5ccccc5c5ccc(-c6ccc7c(c6)c6ccccc6n7-c6ccccc6)cc54)cc3)cc2)cc1.c1ccc(-n2c3ccccc3c3cc(-c4ccc5c6ccccc6n(-c6ccc7ccccc7c6)c5c4)ccc32)cc1. The van der Waals surface area contributed by atoms with Gasteiger partial charge in [0, 0.05) is 98.8 Å². The summed E-state index contributed by atoms with van der Waals surface area (Å²) in [5, 5.41) is 17.6. The fourth-order valence-electron chi connectivity index (χ4n) is 23.1. The van der Waals surface area contributed by atoms with Gasteiger partial charge in [-0.3, -0.25) is 0 Å². The predicted molar refractivity (Wildman–Crippen MR) is 626 cm³/mol.